The third kappa shape index (κ3) is 3.88. The van der Waals surface area contributed by atoms with E-state index in [1.807, 2.05) is 46.1 Å². The molecule has 114 valence electrons. The van der Waals surface area contributed by atoms with E-state index in [1.54, 1.807) is 12.1 Å². The van der Waals surface area contributed by atoms with Crippen LogP contribution in [0, 0.1) is 0 Å². The summed E-state index contributed by atoms with van der Waals surface area (Å²) in [6.45, 7) is 0. The van der Waals surface area contributed by atoms with Gasteiger partial charge in [-0.15, -0.1) is 9.13 Å². The number of alkyl halides is 1. The molecule has 1 atom stereocenters. The van der Waals surface area contributed by atoms with Crippen molar-refractivity contribution in [2.24, 2.45) is 10.9 Å². The highest BCUT2D eigenvalue weighted by Crippen LogP contribution is 2.04. The molecule has 2 rings (SSSR count). The molecule has 0 aliphatic rings. The van der Waals surface area contributed by atoms with Crippen LogP contribution in [0.5, 0.6) is 0 Å². The van der Waals surface area contributed by atoms with Gasteiger partial charge in [-0.05, 0) is 0 Å². The van der Waals surface area contributed by atoms with Crippen LogP contribution in [-0.4, -0.2) is 22.7 Å². The van der Waals surface area contributed by atoms with Crippen LogP contribution in [0.4, 0.5) is 0 Å². The highest BCUT2D eigenvalue weighted by molar-refractivity contribution is 9.09. The largest absolute Gasteiger partial charge is 0.411 e. The second kappa shape index (κ2) is 7.65. The van der Waals surface area contributed by atoms with Gasteiger partial charge in [0.1, 0.15) is 0 Å². The van der Waals surface area contributed by atoms with Gasteiger partial charge in [0, 0.05) is 35.2 Å². The number of pyridine rings is 2. The molecule has 0 aromatic carbocycles. The number of halogens is 1. The molecule has 3 N–H and O–H groups in total. The van der Waals surface area contributed by atoms with Gasteiger partial charge >= 0.3 is 6.17 Å². The number of carbonyl (C=O) groups excluding carboxylic acids is 1. The minimum absolute atomic E-state index is 0.0569. The van der Waals surface area contributed by atoms with Gasteiger partial charge in [-0.2, -0.15) is 0 Å². The molecular formula is C15H17BrN4O2+2. The van der Waals surface area contributed by atoms with E-state index < -0.39 is 5.91 Å². The van der Waals surface area contributed by atoms with E-state index in [0.717, 1.165) is 17.3 Å². The van der Waals surface area contributed by atoms with Crippen LogP contribution >= 0.6 is 15.9 Å². The van der Waals surface area contributed by atoms with Crippen LogP contribution in [0.2, 0.25) is 0 Å². The lowest BCUT2D eigenvalue weighted by molar-refractivity contribution is -0.945. The minimum Gasteiger partial charge on any atom is -0.411 e. The van der Waals surface area contributed by atoms with Crippen molar-refractivity contribution in [1.29, 1.82) is 0 Å². The molecule has 2 heterocycles. The van der Waals surface area contributed by atoms with Gasteiger partial charge in [0.05, 0.1) is 18.2 Å². The predicted molar refractivity (Wildman–Crippen MR) is 84.0 cm³/mol. The molecule has 0 saturated carbocycles. The topological polar surface area (TPSA) is 83.4 Å². The van der Waals surface area contributed by atoms with Crippen molar-refractivity contribution in [2.45, 2.75) is 12.6 Å². The first kappa shape index (κ1) is 16.1. The number of carbonyl (C=O) groups is 1. The molecule has 0 bridgehead atoms. The van der Waals surface area contributed by atoms with E-state index >= 15 is 0 Å². The zero-order valence-corrected chi connectivity index (χ0v) is 13.4. The first-order chi connectivity index (χ1) is 10.7. The molecule has 0 fully saturated rings. The number of rotatable bonds is 6. The summed E-state index contributed by atoms with van der Waals surface area (Å²) in [7, 11) is 0. The van der Waals surface area contributed by atoms with Crippen LogP contribution in [0.15, 0.2) is 54.2 Å². The molecule has 0 unspecified atom stereocenters. The second-order valence-corrected chi connectivity index (χ2v) is 5.47. The number of nitrogens with two attached hydrogens (primary N) is 1. The standard InChI is InChI=1S/C15H15BrN4O2/c16-6-1-14(19-7-2-12(3-8-19)11-18-22)20-9-4-13(5-10-20)15(17)21/h2-5,7-11,14H,1,6H2,(H-,17,21)/p+2/t14-/m0/s1. The van der Waals surface area contributed by atoms with Crippen molar-refractivity contribution in [3.8, 4) is 0 Å². The van der Waals surface area contributed by atoms with Crippen molar-refractivity contribution < 1.29 is 19.1 Å². The van der Waals surface area contributed by atoms with E-state index in [-0.39, 0.29) is 6.17 Å². The number of amides is 1. The average Bonchev–Trinajstić information content (AvgIpc) is 2.54. The molecule has 22 heavy (non-hydrogen) atoms. The highest BCUT2D eigenvalue weighted by Gasteiger charge is 2.26. The smallest absolute Gasteiger partial charge is 0.353 e. The number of aromatic nitrogens is 2. The Balaban J connectivity index is 2.30. The second-order valence-electron chi connectivity index (χ2n) is 4.68. The normalized spacial score (nSPS) is 12.4. The summed E-state index contributed by atoms with van der Waals surface area (Å²) in [5.41, 5.74) is 6.55. The predicted octanol–water partition coefficient (Wildman–Crippen LogP) is 1.00. The fraction of sp³-hybridized carbons (Fsp3) is 0.200. The van der Waals surface area contributed by atoms with Gasteiger partial charge in [-0.25, -0.2) is 0 Å². The Morgan fingerprint density at radius 1 is 1.23 bits per heavy atom. The third-order valence-electron chi connectivity index (χ3n) is 3.28. The number of oxime groups is 1. The number of hydrogen-bond acceptors (Lipinski definition) is 3. The van der Waals surface area contributed by atoms with Gasteiger partial charge in [0.25, 0.3) is 0 Å². The van der Waals surface area contributed by atoms with E-state index in [2.05, 4.69) is 21.1 Å². The van der Waals surface area contributed by atoms with Crippen molar-refractivity contribution in [2.75, 3.05) is 5.33 Å². The first-order valence-electron chi connectivity index (χ1n) is 6.70. The van der Waals surface area contributed by atoms with Gasteiger partial charge in [-0.3, -0.25) is 4.79 Å². The Hall–Kier alpha value is -2.28. The highest BCUT2D eigenvalue weighted by atomic mass is 79.9. The van der Waals surface area contributed by atoms with Crippen molar-refractivity contribution in [3.63, 3.8) is 0 Å². The van der Waals surface area contributed by atoms with E-state index in [9.17, 15) is 4.79 Å². The molecule has 1 amide bonds. The molecule has 2 aromatic rings. The van der Waals surface area contributed by atoms with Crippen molar-refractivity contribution >= 4 is 28.1 Å². The SMILES string of the molecule is NC(=O)c1cc[n+]([C@@H](CCBr)[n+]2ccc(C=NO)cc2)cc1. The summed E-state index contributed by atoms with van der Waals surface area (Å²) in [6, 6.07) is 7.13. The Bertz CT molecular complexity index is 656. The maximum Gasteiger partial charge on any atom is 0.353 e. The quantitative estimate of drug-likeness (QED) is 0.263. The van der Waals surface area contributed by atoms with Crippen LogP contribution in [0.25, 0.3) is 0 Å². The van der Waals surface area contributed by atoms with Gasteiger partial charge in [-0.1, -0.05) is 21.1 Å². The van der Waals surface area contributed by atoms with Gasteiger partial charge < -0.3 is 10.9 Å². The third-order valence-corrected chi connectivity index (χ3v) is 3.74. The minimum atomic E-state index is -0.440. The molecule has 7 heteroatoms. The molecule has 2 aromatic heterocycles. The van der Waals surface area contributed by atoms with E-state index in [4.69, 9.17) is 10.9 Å². The van der Waals surface area contributed by atoms with E-state index in [1.165, 1.54) is 6.21 Å². The summed E-state index contributed by atoms with van der Waals surface area (Å²) in [4.78, 5) is 11.1. The molecule has 0 radical (unpaired) electrons. The Kier molecular flexibility index (Phi) is 5.60. The molecule has 0 aliphatic heterocycles. The number of nitrogens with zero attached hydrogens (tertiary/aromatic N) is 3. The maximum atomic E-state index is 11.1. The van der Waals surface area contributed by atoms with Crippen molar-refractivity contribution in [3.05, 3.63) is 60.2 Å². The number of primary amides is 1. The monoisotopic (exact) mass is 364 g/mol. The Morgan fingerprint density at radius 3 is 2.23 bits per heavy atom. The molecule has 6 nitrogen and oxygen atoms in total. The molecular weight excluding hydrogens is 348 g/mol. The molecule has 0 aliphatic carbocycles. The molecule has 0 saturated heterocycles. The first-order valence-corrected chi connectivity index (χ1v) is 7.82. The fourth-order valence-electron chi connectivity index (χ4n) is 2.15. The zero-order valence-electron chi connectivity index (χ0n) is 11.8. The zero-order chi connectivity index (χ0) is 15.9. The van der Waals surface area contributed by atoms with Crippen LogP contribution < -0.4 is 14.9 Å². The van der Waals surface area contributed by atoms with Crippen LogP contribution in [0.1, 0.15) is 28.5 Å². The summed E-state index contributed by atoms with van der Waals surface area (Å²) in [6.07, 6.45) is 9.80. The van der Waals surface area contributed by atoms with Gasteiger partial charge in [0.2, 0.25) is 5.91 Å². The van der Waals surface area contributed by atoms with Crippen LogP contribution in [-0.2, 0) is 0 Å². The summed E-state index contributed by atoms with van der Waals surface area (Å²) in [5, 5.41) is 12.4. The Labute approximate surface area is 136 Å². The number of hydrogen-bond donors (Lipinski definition) is 2. The lowest BCUT2D eigenvalue weighted by Gasteiger charge is -2.07. The summed E-state index contributed by atoms with van der Waals surface area (Å²) in [5.74, 6) is -0.440. The molecule has 0 spiro atoms. The van der Waals surface area contributed by atoms with E-state index in [0.29, 0.717) is 5.56 Å². The van der Waals surface area contributed by atoms with Crippen LogP contribution in [0.3, 0.4) is 0 Å². The van der Waals surface area contributed by atoms with Gasteiger partial charge in [0.15, 0.2) is 24.8 Å². The summed E-state index contributed by atoms with van der Waals surface area (Å²) < 4.78 is 4.05. The lowest BCUT2D eigenvalue weighted by atomic mass is 10.2. The fourth-order valence-corrected chi connectivity index (χ4v) is 2.56. The summed E-state index contributed by atoms with van der Waals surface area (Å²) >= 11 is 3.47. The maximum absolute atomic E-state index is 11.1. The van der Waals surface area contributed by atoms with Crippen molar-refractivity contribution in [1.82, 2.24) is 0 Å². The average molecular weight is 365 g/mol. The Morgan fingerprint density at radius 2 is 1.77 bits per heavy atom. The lowest BCUT2D eigenvalue weighted by Crippen LogP contribution is -2.57.